The number of carboxylic acids is 1. The first-order chi connectivity index (χ1) is 15.6. The van der Waals surface area contributed by atoms with Gasteiger partial charge in [-0.1, -0.05) is 30.3 Å². The molecule has 0 fully saturated rings. The maximum atomic E-state index is 10.6. The van der Waals surface area contributed by atoms with E-state index in [0.717, 1.165) is 28.1 Å². The second-order valence-corrected chi connectivity index (χ2v) is 6.81. The van der Waals surface area contributed by atoms with Gasteiger partial charge in [0.2, 0.25) is 0 Å². The van der Waals surface area contributed by atoms with Crippen LogP contribution in [0.25, 0.3) is 11.3 Å². The molecule has 0 unspecified atom stereocenters. The molecule has 3 rings (SSSR count). The number of aliphatic carboxylic acids is 1. The molecule has 3 N–H and O–H groups in total. The summed E-state index contributed by atoms with van der Waals surface area (Å²) in [6.45, 7) is 5.01. The third-order valence-corrected chi connectivity index (χ3v) is 4.34. The van der Waals surface area contributed by atoms with Crippen molar-refractivity contribution in [3.05, 3.63) is 72.1 Å². The molecule has 10 heteroatoms. The van der Waals surface area contributed by atoms with Crippen molar-refractivity contribution in [2.45, 2.75) is 26.1 Å². The zero-order chi connectivity index (χ0) is 24.4. The average Bonchev–Trinajstić information content (AvgIpc) is 2.79. The van der Waals surface area contributed by atoms with Crippen LogP contribution in [0.5, 0.6) is 5.75 Å². The Balaban J connectivity index is 0.000000479. The predicted octanol–water partition coefficient (Wildman–Crippen LogP) is 4.63. The molecule has 1 atom stereocenters. The molecule has 0 spiro atoms. The number of carbonyl (C=O) groups is 1. The Labute approximate surface area is 188 Å². The van der Waals surface area contributed by atoms with Gasteiger partial charge in [0.15, 0.2) is 0 Å². The highest BCUT2D eigenvalue weighted by Crippen LogP contribution is 2.26. The lowest BCUT2D eigenvalue weighted by molar-refractivity contribution is -0.192. The average molecular weight is 463 g/mol. The smallest absolute Gasteiger partial charge is 0.490 e. The number of halogens is 3. The van der Waals surface area contributed by atoms with E-state index in [1.165, 1.54) is 6.33 Å². The minimum absolute atomic E-state index is 0.378. The SMILES string of the molecule is CCOc1ccc(-c2cc(NC[C@H](O)c3ccccc3)ncn2)cc1C.O=C(O)C(F)(F)F. The normalized spacial score (nSPS) is 11.7. The number of nitrogens with one attached hydrogen (secondary N) is 1. The molecule has 0 aliphatic heterocycles. The summed E-state index contributed by atoms with van der Waals surface area (Å²) in [6, 6.07) is 17.4. The quantitative estimate of drug-likeness (QED) is 0.469. The lowest BCUT2D eigenvalue weighted by Crippen LogP contribution is -2.21. The number of benzene rings is 2. The predicted molar refractivity (Wildman–Crippen MR) is 117 cm³/mol. The van der Waals surface area contributed by atoms with Crippen LogP contribution < -0.4 is 10.1 Å². The number of aromatic nitrogens is 2. The molecule has 7 nitrogen and oxygen atoms in total. The Morgan fingerprint density at radius 3 is 2.36 bits per heavy atom. The fourth-order valence-corrected chi connectivity index (χ4v) is 2.73. The van der Waals surface area contributed by atoms with E-state index >= 15 is 0 Å². The number of carboxylic acid groups (broad SMARTS) is 1. The molecule has 0 radical (unpaired) electrons. The van der Waals surface area contributed by atoms with Crippen LogP contribution in [0, 0.1) is 6.92 Å². The Morgan fingerprint density at radius 2 is 1.79 bits per heavy atom. The lowest BCUT2D eigenvalue weighted by atomic mass is 10.1. The number of alkyl halides is 3. The zero-order valence-electron chi connectivity index (χ0n) is 18.0. The summed E-state index contributed by atoms with van der Waals surface area (Å²) in [5, 5.41) is 20.6. The Hall–Kier alpha value is -3.66. The molecule has 0 saturated carbocycles. The van der Waals surface area contributed by atoms with E-state index in [-0.39, 0.29) is 0 Å². The highest BCUT2D eigenvalue weighted by Gasteiger charge is 2.38. The van der Waals surface area contributed by atoms with Crippen molar-refractivity contribution in [3.63, 3.8) is 0 Å². The zero-order valence-corrected chi connectivity index (χ0v) is 18.0. The number of nitrogens with zero attached hydrogens (tertiary/aromatic N) is 2. The van der Waals surface area contributed by atoms with Crippen LogP contribution in [0.15, 0.2) is 60.9 Å². The maximum Gasteiger partial charge on any atom is 0.490 e. The molecule has 1 heterocycles. The van der Waals surface area contributed by atoms with Gasteiger partial charge in [0.25, 0.3) is 0 Å². The Kier molecular flexibility index (Phi) is 9.17. The Bertz CT molecular complexity index is 1050. The molecule has 0 amide bonds. The van der Waals surface area contributed by atoms with Crippen LogP contribution in [0.4, 0.5) is 19.0 Å². The molecule has 1 aromatic heterocycles. The number of hydrogen-bond donors (Lipinski definition) is 3. The second kappa shape index (κ2) is 11.8. The summed E-state index contributed by atoms with van der Waals surface area (Å²) >= 11 is 0. The van der Waals surface area contributed by atoms with E-state index in [1.807, 2.05) is 62.4 Å². The number of aliphatic hydroxyl groups is 1. The molecule has 0 aliphatic carbocycles. The van der Waals surface area contributed by atoms with Gasteiger partial charge in [-0.25, -0.2) is 14.8 Å². The van der Waals surface area contributed by atoms with Crippen LogP contribution in [-0.2, 0) is 4.79 Å². The molecular weight excluding hydrogens is 439 g/mol. The van der Waals surface area contributed by atoms with Crippen LogP contribution in [0.3, 0.4) is 0 Å². The third-order valence-electron chi connectivity index (χ3n) is 4.34. The van der Waals surface area contributed by atoms with E-state index in [4.69, 9.17) is 14.6 Å². The third kappa shape index (κ3) is 8.08. The van der Waals surface area contributed by atoms with Crippen LogP contribution in [-0.4, -0.2) is 45.5 Å². The summed E-state index contributed by atoms with van der Waals surface area (Å²) in [7, 11) is 0. The lowest BCUT2D eigenvalue weighted by Gasteiger charge is -2.13. The van der Waals surface area contributed by atoms with Gasteiger partial charge in [0, 0.05) is 18.2 Å². The van der Waals surface area contributed by atoms with Crippen molar-refractivity contribution in [1.82, 2.24) is 9.97 Å². The van der Waals surface area contributed by atoms with Gasteiger partial charge >= 0.3 is 12.1 Å². The van der Waals surface area contributed by atoms with E-state index in [9.17, 15) is 18.3 Å². The molecule has 176 valence electrons. The molecular formula is C23H24F3N3O4. The van der Waals surface area contributed by atoms with E-state index in [0.29, 0.717) is 19.0 Å². The summed E-state index contributed by atoms with van der Waals surface area (Å²) in [6.07, 6.45) is -4.15. The number of hydrogen-bond acceptors (Lipinski definition) is 6. The molecule has 0 aliphatic rings. The number of anilines is 1. The summed E-state index contributed by atoms with van der Waals surface area (Å²) in [4.78, 5) is 17.5. The largest absolute Gasteiger partial charge is 0.494 e. The minimum Gasteiger partial charge on any atom is -0.494 e. The monoisotopic (exact) mass is 463 g/mol. The number of rotatable bonds is 7. The van der Waals surface area contributed by atoms with Crippen molar-refractivity contribution in [3.8, 4) is 17.0 Å². The van der Waals surface area contributed by atoms with Crippen LogP contribution in [0.2, 0.25) is 0 Å². The van der Waals surface area contributed by atoms with Gasteiger partial charge in [-0.2, -0.15) is 13.2 Å². The second-order valence-electron chi connectivity index (χ2n) is 6.81. The number of aliphatic hydroxyl groups excluding tert-OH is 1. The van der Waals surface area contributed by atoms with Crippen molar-refractivity contribution in [2.24, 2.45) is 0 Å². The molecule has 2 aromatic carbocycles. The first kappa shape index (κ1) is 25.6. The summed E-state index contributed by atoms with van der Waals surface area (Å²) in [5.74, 6) is -1.20. The van der Waals surface area contributed by atoms with Crippen molar-refractivity contribution >= 4 is 11.8 Å². The molecule has 0 bridgehead atoms. The highest BCUT2D eigenvalue weighted by molar-refractivity contribution is 5.73. The summed E-state index contributed by atoms with van der Waals surface area (Å²) < 4.78 is 37.3. The Morgan fingerprint density at radius 1 is 1.12 bits per heavy atom. The standard InChI is InChI=1S/C21H23N3O2.C2HF3O2/c1-3-26-20-10-9-17(11-15(20)2)18-12-21(24-14-23-18)22-13-19(25)16-7-5-4-6-8-16;3-2(4,5)1(6)7/h4-12,14,19,25H,3,13H2,1-2H3,(H,22,23,24);(H,6,7)/t19-;/m0./s1. The molecule has 33 heavy (non-hydrogen) atoms. The molecule has 0 saturated heterocycles. The van der Waals surface area contributed by atoms with Gasteiger partial charge in [-0.15, -0.1) is 0 Å². The fraction of sp³-hybridized carbons (Fsp3) is 0.261. The minimum atomic E-state index is -5.08. The van der Waals surface area contributed by atoms with Crippen molar-refractivity contribution in [2.75, 3.05) is 18.5 Å². The van der Waals surface area contributed by atoms with E-state index in [1.54, 1.807) is 0 Å². The molecule has 3 aromatic rings. The van der Waals surface area contributed by atoms with E-state index < -0.39 is 18.2 Å². The van der Waals surface area contributed by atoms with Crippen LogP contribution >= 0.6 is 0 Å². The maximum absolute atomic E-state index is 10.6. The highest BCUT2D eigenvalue weighted by atomic mass is 19.4. The fourth-order valence-electron chi connectivity index (χ4n) is 2.73. The van der Waals surface area contributed by atoms with E-state index in [2.05, 4.69) is 21.4 Å². The topological polar surface area (TPSA) is 105 Å². The first-order valence-electron chi connectivity index (χ1n) is 9.94. The van der Waals surface area contributed by atoms with Gasteiger partial charge < -0.3 is 20.3 Å². The van der Waals surface area contributed by atoms with Gasteiger partial charge in [0.05, 0.1) is 18.4 Å². The van der Waals surface area contributed by atoms with Crippen molar-refractivity contribution < 1.29 is 32.9 Å². The number of aryl methyl sites for hydroxylation is 1. The van der Waals surface area contributed by atoms with Gasteiger partial charge in [-0.05, 0) is 43.2 Å². The van der Waals surface area contributed by atoms with Gasteiger partial charge in [-0.3, -0.25) is 0 Å². The van der Waals surface area contributed by atoms with Crippen molar-refractivity contribution in [1.29, 1.82) is 0 Å². The van der Waals surface area contributed by atoms with Gasteiger partial charge in [0.1, 0.15) is 17.9 Å². The number of ether oxygens (including phenoxy) is 1. The summed E-state index contributed by atoms with van der Waals surface area (Å²) in [5.41, 5.74) is 3.76. The van der Waals surface area contributed by atoms with Crippen LogP contribution in [0.1, 0.15) is 24.2 Å². The first-order valence-corrected chi connectivity index (χ1v) is 9.94.